The molecule has 0 radical (unpaired) electrons. The van der Waals surface area contributed by atoms with Gasteiger partial charge in [-0.1, -0.05) is 37.8 Å². The van der Waals surface area contributed by atoms with E-state index in [0.717, 1.165) is 50.0 Å². The van der Waals surface area contributed by atoms with E-state index in [1.54, 1.807) is 4.90 Å². The highest BCUT2D eigenvalue weighted by molar-refractivity contribution is 5.87. The molecular weight excluding hydrogens is 504 g/mol. The number of fused-ring (bicyclic) bond motifs is 3. The molecule has 0 saturated carbocycles. The van der Waals surface area contributed by atoms with E-state index in [2.05, 4.69) is 60.7 Å². The molecule has 2 saturated heterocycles. The van der Waals surface area contributed by atoms with Crippen molar-refractivity contribution in [2.45, 2.75) is 63.1 Å². The number of likely N-dealkylation sites (N-methyl/N-ethyl adjacent to an activating group) is 1. The quantitative estimate of drug-likeness (QED) is 0.512. The van der Waals surface area contributed by atoms with Gasteiger partial charge in [-0.25, -0.2) is 0 Å². The number of anilines is 1. The number of likely N-dealkylation sites (tertiary alicyclic amines) is 1. The van der Waals surface area contributed by atoms with Gasteiger partial charge in [0.05, 0.1) is 24.1 Å². The SMILES string of the molecule is C=CC(=O)N1CCN(c2nc(OC[C@@H]3CCCN3C)nc3c2CC[C@]2(O3)c3ccccc3C[C@H]2C)C[C@@H]1CC#N. The average Bonchev–Trinajstić information content (AvgIpc) is 3.50. The van der Waals surface area contributed by atoms with Gasteiger partial charge >= 0.3 is 6.01 Å². The Kier molecular flexibility index (Phi) is 7.13. The van der Waals surface area contributed by atoms with Crippen LogP contribution in [0.3, 0.4) is 0 Å². The highest BCUT2D eigenvalue weighted by Gasteiger charge is 2.50. The highest BCUT2D eigenvalue weighted by Crippen LogP contribution is 2.51. The lowest BCUT2D eigenvalue weighted by atomic mass is 9.81. The number of nitriles is 1. The molecule has 3 aliphatic heterocycles. The molecule has 6 rings (SSSR count). The van der Waals surface area contributed by atoms with Crippen LogP contribution >= 0.6 is 0 Å². The van der Waals surface area contributed by atoms with E-state index < -0.39 is 5.60 Å². The Morgan fingerprint density at radius 2 is 2.12 bits per heavy atom. The number of benzene rings is 1. The zero-order valence-corrected chi connectivity index (χ0v) is 23.5. The molecule has 4 heterocycles. The highest BCUT2D eigenvalue weighted by atomic mass is 16.5. The Balaban J connectivity index is 1.35. The summed E-state index contributed by atoms with van der Waals surface area (Å²) in [6.07, 6.45) is 6.44. The molecule has 210 valence electrons. The van der Waals surface area contributed by atoms with Gasteiger partial charge in [-0.2, -0.15) is 15.2 Å². The maximum absolute atomic E-state index is 12.5. The van der Waals surface area contributed by atoms with Gasteiger partial charge in [0.2, 0.25) is 11.8 Å². The van der Waals surface area contributed by atoms with E-state index >= 15 is 0 Å². The maximum Gasteiger partial charge on any atom is 0.321 e. The molecule has 0 unspecified atom stereocenters. The van der Waals surface area contributed by atoms with Crippen molar-refractivity contribution in [3.8, 4) is 18.0 Å². The van der Waals surface area contributed by atoms with Crippen LogP contribution in [0.25, 0.3) is 0 Å². The number of carbonyl (C=O) groups is 1. The predicted octanol–water partition coefficient (Wildman–Crippen LogP) is 3.48. The third kappa shape index (κ3) is 4.58. The van der Waals surface area contributed by atoms with Gasteiger partial charge in [0.1, 0.15) is 18.0 Å². The van der Waals surface area contributed by atoms with E-state index in [1.807, 2.05) is 0 Å². The number of carbonyl (C=O) groups excluding carboxylic acids is 1. The topological polar surface area (TPSA) is 94.8 Å². The van der Waals surface area contributed by atoms with Crippen molar-refractivity contribution in [1.29, 1.82) is 5.26 Å². The van der Waals surface area contributed by atoms with Gasteiger partial charge in [0, 0.05) is 31.6 Å². The second-order valence-corrected chi connectivity index (χ2v) is 11.7. The van der Waals surface area contributed by atoms with E-state index in [4.69, 9.17) is 19.4 Å². The lowest BCUT2D eigenvalue weighted by Gasteiger charge is -2.43. The first-order valence-corrected chi connectivity index (χ1v) is 14.5. The van der Waals surface area contributed by atoms with Gasteiger partial charge in [0.15, 0.2) is 0 Å². The molecule has 2 fully saturated rings. The number of aromatic nitrogens is 2. The third-order valence-electron chi connectivity index (χ3n) is 9.39. The van der Waals surface area contributed by atoms with Crippen molar-refractivity contribution in [2.75, 3.05) is 44.7 Å². The lowest BCUT2D eigenvalue weighted by Crippen LogP contribution is -2.55. The van der Waals surface area contributed by atoms with Crippen LogP contribution in [0.5, 0.6) is 11.9 Å². The maximum atomic E-state index is 12.5. The Morgan fingerprint density at radius 1 is 1.27 bits per heavy atom. The molecule has 1 spiro atoms. The second kappa shape index (κ2) is 10.7. The molecule has 1 amide bonds. The summed E-state index contributed by atoms with van der Waals surface area (Å²) < 4.78 is 13.2. The number of rotatable bonds is 6. The first-order chi connectivity index (χ1) is 19.4. The number of piperazine rings is 1. The van der Waals surface area contributed by atoms with Gasteiger partial charge in [-0.15, -0.1) is 0 Å². The van der Waals surface area contributed by atoms with Crippen LogP contribution in [-0.4, -0.2) is 77.6 Å². The minimum absolute atomic E-state index is 0.145. The number of nitrogens with zero attached hydrogens (tertiary/aromatic N) is 6. The molecule has 9 nitrogen and oxygen atoms in total. The fourth-order valence-electron chi connectivity index (χ4n) is 7.10. The molecule has 1 aliphatic carbocycles. The smallest absolute Gasteiger partial charge is 0.321 e. The van der Waals surface area contributed by atoms with Crippen LogP contribution in [0, 0.1) is 17.2 Å². The Bertz CT molecular complexity index is 1340. The molecule has 0 N–H and O–H groups in total. The lowest BCUT2D eigenvalue weighted by molar-refractivity contribution is -0.128. The van der Waals surface area contributed by atoms with Gasteiger partial charge in [-0.05, 0) is 62.9 Å². The average molecular weight is 543 g/mol. The zero-order chi connectivity index (χ0) is 27.9. The number of hydrogen-bond donors (Lipinski definition) is 0. The standard InChI is InChI=1S/C31H38N6O3/c1-4-27(38)37-17-16-36(19-23(37)12-14-32)28-25-11-13-31(21(2)18-22-8-5-6-10-26(22)31)40-29(25)34-30(33-28)39-20-24-9-7-15-35(24)3/h4-6,8,10,21,23-24H,1,7,9,11-13,15-20H2,2-3H3/t21-,23+,24+,31-/m1/s1. The van der Waals surface area contributed by atoms with Crippen molar-refractivity contribution >= 4 is 11.7 Å². The minimum Gasteiger partial charge on any atom is -0.465 e. The zero-order valence-electron chi connectivity index (χ0n) is 23.5. The summed E-state index contributed by atoms with van der Waals surface area (Å²) in [5, 5.41) is 9.50. The Morgan fingerprint density at radius 3 is 2.90 bits per heavy atom. The summed E-state index contributed by atoms with van der Waals surface area (Å²) in [6, 6.07) is 11.3. The summed E-state index contributed by atoms with van der Waals surface area (Å²) in [4.78, 5) is 28.6. The first kappa shape index (κ1) is 26.6. The van der Waals surface area contributed by atoms with Crippen LogP contribution in [0.4, 0.5) is 5.82 Å². The van der Waals surface area contributed by atoms with Crippen LogP contribution < -0.4 is 14.4 Å². The van der Waals surface area contributed by atoms with Crippen molar-refractivity contribution in [3.63, 3.8) is 0 Å². The van der Waals surface area contributed by atoms with Crippen molar-refractivity contribution < 1.29 is 14.3 Å². The predicted molar refractivity (Wildman–Crippen MR) is 151 cm³/mol. The van der Waals surface area contributed by atoms with Gasteiger partial charge in [0.25, 0.3) is 0 Å². The van der Waals surface area contributed by atoms with Crippen molar-refractivity contribution in [3.05, 3.63) is 53.6 Å². The molecule has 1 aromatic carbocycles. The van der Waals surface area contributed by atoms with Crippen molar-refractivity contribution in [2.24, 2.45) is 5.92 Å². The summed E-state index contributed by atoms with van der Waals surface area (Å²) in [5.74, 6) is 1.56. The van der Waals surface area contributed by atoms with Crippen LogP contribution in [0.2, 0.25) is 0 Å². The van der Waals surface area contributed by atoms with Crippen molar-refractivity contribution in [1.82, 2.24) is 19.8 Å². The molecule has 9 heteroatoms. The van der Waals surface area contributed by atoms with E-state index in [9.17, 15) is 10.1 Å². The number of amides is 1. The monoisotopic (exact) mass is 542 g/mol. The molecule has 4 aliphatic rings. The fraction of sp³-hybridized carbons (Fsp3) is 0.548. The largest absolute Gasteiger partial charge is 0.465 e. The first-order valence-electron chi connectivity index (χ1n) is 14.5. The summed E-state index contributed by atoms with van der Waals surface area (Å²) in [5.41, 5.74) is 3.16. The van der Waals surface area contributed by atoms with Gasteiger partial charge < -0.3 is 24.2 Å². The Labute approximate surface area is 236 Å². The number of hydrogen-bond acceptors (Lipinski definition) is 8. The fourth-order valence-corrected chi connectivity index (χ4v) is 7.10. The normalized spacial score (nSPS) is 27.6. The molecule has 40 heavy (non-hydrogen) atoms. The molecule has 1 aromatic heterocycles. The number of ether oxygens (including phenoxy) is 2. The third-order valence-corrected chi connectivity index (χ3v) is 9.39. The van der Waals surface area contributed by atoms with E-state index in [1.165, 1.54) is 17.2 Å². The Hall–Kier alpha value is -3.64. The molecule has 2 aromatic rings. The van der Waals surface area contributed by atoms with E-state index in [-0.39, 0.29) is 18.4 Å². The van der Waals surface area contributed by atoms with Crippen LogP contribution in [0.15, 0.2) is 36.9 Å². The molecule has 0 bridgehead atoms. The molecule has 4 atom stereocenters. The summed E-state index contributed by atoms with van der Waals surface area (Å²) in [6.45, 7) is 9.11. The van der Waals surface area contributed by atoms with Crippen LogP contribution in [0.1, 0.15) is 49.3 Å². The van der Waals surface area contributed by atoms with Gasteiger partial charge in [-0.3, -0.25) is 4.79 Å². The molecular formula is C31H38N6O3. The second-order valence-electron chi connectivity index (χ2n) is 11.7. The van der Waals surface area contributed by atoms with Crippen LogP contribution in [-0.2, 0) is 23.2 Å². The van der Waals surface area contributed by atoms with E-state index in [0.29, 0.717) is 50.1 Å². The summed E-state index contributed by atoms with van der Waals surface area (Å²) >= 11 is 0. The summed E-state index contributed by atoms with van der Waals surface area (Å²) in [7, 11) is 2.13. The minimum atomic E-state index is -0.420.